The topological polar surface area (TPSA) is 54.6 Å². The van der Waals surface area contributed by atoms with E-state index in [0.29, 0.717) is 17.2 Å². The Morgan fingerprint density at radius 2 is 2.03 bits per heavy atom. The largest absolute Gasteiger partial charge is 0.472 e. The van der Waals surface area contributed by atoms with Crippen LogP contribution in [0.15, 0.2) is 36.4 Å². The Labute approximate surface area is 188 Å². The van der Waals surface area contributed by atoms with Crippen molar-refractivity contribution in [2.45, 2.75) is 58.1 Å². The van der Waals surface area contributed by atoms with Gasteiger partial charge in [-0.1, -0.05) is 12.1 Å². The number of nitrogens with one attached hydrogen (secondary N) is 1. The number of carbonyl (C=O) groups is 1. The minimum atomic E-state index is -0.309. The number of rotatable bonds is 2. The first kappa shape index (κ1) is 19.9. The van der Waals surface area contributed by atoms with E-state index in [1.54, 1.807) is 0 Å². The van der Waals surface area contributed by atoms with Crippen LogP contribution in [0.4, 0.5) is 0 Å². The van der Waals surface area contributed by atoms with Gasteiger partial charge in [-0.2, -0.15) is 0 Å². The minimum absolute atomic E-state index is 0.162. The van der Waals surface area contributed by atoms with Crippen LogP contribution in [0.3, 0.4) is 0 Å². The molecule has 3 aromatic rings. The van der Waals surface area contributed by atoms with Crippen LogP contribution in [-0.4, -0.2) is 34.7 Å². The molecule has 1 aromatic heterocycles. The number of ether oxygens (including phenoxy) is 2. The minimum Gasteiger partial charge on any atom is -0.472 e. The van der Waals surface area contributed by atoms with Gasteiger partial charge in [0.1, 0.15) is 11.5 Å². The van der Waals surface area contributed by atoms with Crippen LogP contribution in [0.5, 0.6) is 11.5 Å². The summed E-state index contributed by atoms with van der Waals surface area (Å²) < 4.78 is 12.7. The van der Waals surface area contributed by atoms with Gasteiger partial charge in [0.05, 0.1) is 5.56 Å². The molecule has 1 N–H and O–H groups in total. The van der Waals surface area contributed by atoms with Crippen molar-refractivity contribution >= 4 is 16.9 Å². The number of benzene rings is 2. The third-order valence-corrected chi connectivity index (χ3v) is 7.73. The molecule has 2 saturated heterocycles. The first-order valence-electron chi connectivity index (χ1n) is 11.9. The predicted molar refractivity (Wildman–Crippen MR) is 124 cm³/mol. The van der Waals surface area contributed by atoms with Crippen LogP contribution >= 0.6 is 0 Å². The summed E-state index contributed by atoms with van der Waals surface area (Å²) in [5.41, 5.74) is 4.52. The van der Waals surface area contributed by atoms with Crippen LogP contribution in [0.25, 0.3) is 10.9 Å². The summed E-state index contributed by atoms with van der Waals surface area (Å²) in [7, 11) is 0. The molecule has 2 aromatic carbocycles. The van der Waals surface area contributed by atoms with Crippen LogP contribution in [0, 0.1) is 19.8 Å². The van der Waals surface area contributed by atoms with Gasteiger partial charge in [0.25, 0.3) is 0 Å². The SMILES string of the molecule is Cc1cccc(OC(=O)c2c(C)[nH]c3ccc4c(c23)CC2CCCN3CCCCC23O4)c1. The van der Waals surface area contributed by atoms with Crippen LogP contribution < -0.4 is 9.47 Å². The van der Waals surface area contributed by atoms with Crippen molar-refractivity contribution in [1.82, 2.24) is 9.88 Å². The molecule has 2 unspecified atom stereocenters. The fourth-order valence-corrected chi connectivity index (χ4v) is 6.30. The normalized spacial score (nSPS) is 24.9. The van der Waals surface area contributed by atoms with E-state index >= 15 is 0 Å². The van der Waals surface area contributed by atoms with Crippen molar-refractivity contribution in [3.8, 4) is 11.5 Å². The molecule has 166 valence electrons. The van der Waals surface area contributed by atoms with Crippen LogP contribution in [0.1, 0.15) is 59.3 Å². The fourth-order valence-electron chi connectivity index (χ4n) is 6.30. The number of aryl methyl sites for hydroxylation is 2. The highest BCUT2D eigenvalue weighted by molar-refractivity contribution is 6.08. The molecule has 32 heavy (non-hydrogen) atoms. The molecule has 3 aliphatic rings. The third-order valence-electron chi connectivity index (χ3n) is 7.73. The fraction of sp³-hybridized carbons (Fsp3) is 0.444. The molecular formula is C27H30N2O3. The number of aromatic amines is 1. The van der Waals surface area contributed by atoms with Gasteiger partial charge in [-0.25, -0.2) is 4.79 Å². The quantitative estimate of drug-likeness (QED) is 0.429. The molecule has 5 nitrogen and oxygen atoms in total. The Morgan fingerprint density at radius 1 is 1.16 bits per heavy atom. The number of hydrogen-bond donors (Lipinski definition) is 1. The molecule has 0 amide bonds. The van der Waals surface area contributed by atoms with E-state index in [2.05, 4.69) is 22.0 Å². The molecule has 1 spiro atoms. The lowest BCUT2D eigenvalue weighted by Crippen LogP contribution is -2.64. The predicted octanol–water partition coefficient (Wildman–Crippen LogP) is 5.53. The summed E-state index contributed by atoms with van der Waals surface area (Å²) in [6, 6.07) is 11.8. The molecule has 3 aliphatic heterocycles. The smallest absolute Gasteiger partial charge is 0.346 e. The number of hydrogen-bond acceptors (Lipinski definition) is 4. The van der Waals surface area contributed by atoms with Gasteiger partial charge in [0.2, 0.25) is 0 Å². The average molecular weight is 431 g/mol. The van der Waals surface area contributed by atoms with E-state index < -0.39 is 0 Å². The molecule has 2 atom stereocenters. The number of esters is 1. The Hall–Kier alpha value is -2.79. The lowest BCUT2D eigenvalue weighted by molar-refractivity contribution is -0.177. The summed E-state index contributed by atoms with van der Waals surface area (Å²) in [5, 5.41) is 0.973. The third kappa shape index (κ3) is 2.98. The van der Waals surface area contributed by atoms with Gasteiger partial charge < -0.3 is 14.5 Å². The number of fused-ring (bicyclic) bond motifs is 3. The van der Waals surface area contributed by atoms with Crippen molar-refractivity contribution in [1.29, 1.82) is 0 Å². The number of piperidine rings is 2. The lowest BCUT2D eigenvalue weighted by Gasteiger charge is -2.56. The Bertz CT molecular complexity index is 1210. The summed E-state index contributed by atoms with van der Waals surface area (Å²) in [6.07, 6.45) is 6.93. The van der Waals surface area contributed by atoms with Crippen LogP contribution in [-0.2, 0) is 6.42 Å². The number of H-pyrrole nitrogens is 1. The highest BCUT2D eigenvalue weighted by Gasteiger charge is 2.52. The zero-order valence-corrected chi connectivity index (χ0v) is 18.9. The summed E-state index contributed by atoms with van der Waals surface area (Å²) in [5.74, 6) is 1.67. The second kappa shape index (κ2) is 7.38. The second-order valence-electron chi connectivity index (χ2n) is 9.73. The van der Waals surface area contributed by atoms with E-state index in [-0.39, 0.29) is 11.7 Å². The van der Waals surface area contributed by atoms with Gasteiger partial charge >= 0.3 is 5.97 Å². The van der Waals surface area contributed by atoms with Gasteiger partial charge in [0.15, 0.2) is 5.72 Å². The van der Waals surface area contributed by atoms with E-state index in [0.717, 1.165) is 59.4 Å². The molecule has 0 aliphatic carbocycles. The van der Waals surface area contributed by atoms with E-state index in [4.69, 9.17) is 9.47 Å². The molecule has 6 rings (SSSR count). The molecule has 0 bridgehead atoms. The van der Waals surface area contributed by atoms with Gasteiger partial charge in [-0.3, -0.25) is 4.90 Å². The number of carbonyl (C=O) groups excluding carboxylic acids is 1. The number of aromatic nitrogens is 1. The van der Waals surface area contributed by atoms with E-state index in [9.17, 15) is 4.79 Å². The van der Waals surface area contributed by atoms with Crippen molar-refractivity contribution in [2.75, 3.05) is 13.1 Å². The summed E-state index contributed by atoms with van der Waals surface area (Å²) in [6.45, 7) is 6.21. The Morgan fingerprint density at radius 3 is 2.91 bits per heavy atom. The molecule has 4 heterocycles. The Kier molecular flexibility index (Phi) is 4.58. The second-order valence-corrected chi connectivity index (χ2v) is 9.73. The average Bonchev–Trinajstić information content (AvgIpc) is 3.13. The molecule has 0 saturated carbocycles. The maximum Gasteiger partial charge on any atom is 0.346 e. The molecule has 0 radical (unpaired) electrons. The number of nitrogens with zero attached hydrogens (tertiary/aromatic N) is 1. The van der Waals surface area contributed by atoms with Crippen molar-refractivity contribution in [3.05, 3.63) is 58.8 Å². The molecule has 5 heteroatoms. The van der Waals surface area contributed by atoms with Crippen molar-refractivity contribution < 1.29 is 14.3 Å². The van der Waals surface area contributed by atoms with Gasteiger partial charge in [-0.05, 0) is 75.8 Å². The zero-order chi connectivity index (χ0) is 21.9. The first-order valence-corrected chi connectivity index (χ1v) is 11.9. The summed E-state index contributed by atoms with van der Waals surface area (Å²) >= 11 is 0. The Balaban J connectivity index is 1.43. The summed E-state index contributed by atoms with van der Waals surface area (Å²) in [4.78, 5) is 19.3. The van der Waals surface area contributed by atoms with Crippen molar-refractivity contribution in [2.24, 2.45) is 5.92 Å². The highest BCUT2D eigenvalue weighted by atomic mass is 16.5. The first-order chi connectivity index (χ1) is 15.5. The van der Waals surface area contributed by atoms with E-state index in [1.807, 2.05) is 38.1 Å². The van der Waals surface area contributed by atoms with Gasteiger partial charge in [0, 0.05) is 47.6 Å². The monoisotopic (exact) mass is 430 g/mol. The maximum atomic E-state index is 13.3. The molecular weight excluding hydrogens is 400 g/mol. The maximum absolute atomic E-state index is 13.3. The van der Waals surface area contributed by atoms with E-state index in [1.165, 1.54) is 25.7 Å². The standard InChI is InChI=1S/C27H30N2O3/c1-17-7-5-9-20(15-17)31-26(30)24-18(2)28-22-10-11-23-21(25(22)24)16-19-8-6-14-29-13-4-3-12-27(19,29)32-23/h5,7,9-11,15,19,28H,3-4,6,8,12-14,16H2,1-2H3. The van der Waals surface area contributed by atoms with Crippen molar-refractivity contribution in [3.63, 3.8) is 0 Å². The highest BCUT2D eigenvalue weighted by Crippen LogP contribution is 2.50. The lowest BCUT2D eigenvalue weighted by atomic mass is 9.74. The van der Waals surface area contributed by atoms with Gasteiger partial charge in [-0.15, -0.1) is 0 Å². The zero-order valence-electron chi connectivity index (χ0n) is 18.9. The molecule has 2 fully saturated rings. The van der Waals surface area contributed by atoms with Crippen LogP contribution in [0.2, 0.25) is 0 Å².